The molecule has 536 valence electrons. The van der Waals surface area contributed by atoms with Crippen molar-refractivity contribution >= 4 is 23.9 Å². The highest BCUT2D eigenvalue weighted by atomic mass is 16.8. The zero-order chi connectivity index (χ0) is 66.0. The number of hydrogen-bond acceptors (Lipinski definition) is 15. The van der Waals surface area contributed by atoms with Crippen LogP contribution in [0.25, 0.3) is 0 Å². The van der Waals surface area contributed by atoms with Gasteiger partial charge in [0, 0.05) is 25.7 Å². The minimum atomic E-state index is -1.87. The third kappa shape index (κ3) is 44.1. The van der Waals surface area contributed by atoms with E-state index in [4.69, 9.17) is 33.2 Å². The molecule has 0 saturated carbocycles. The average molecular weight is 1300 g/mol. The highest BCUT2D eigenvalue weighted by molar-refractivity contribution is 5.72. The summed E-state index contributed by atoms with van der Waals surface area (Å²) < 4.78 is 43.6. The molecular formula is C76H142O15. The Hall–Kier alpha value is -2.40. The van der Waals surface area contributed by atoms with E-state index in [1.807, 2.05) is 0 Å². The number of esters is 4. The molecular weight excluding hydrogens is 1150 g/mol. The van der Waals surface area contributed by atoms with Gasteiger partial charge in [0.25, 0.3) is 0 Å². The lowest BCUT2D eigenvalue weighted by Gasteiger charge is -2.47. The fourth-order valence-corrected chi connectivity index (χ4v) is 12.9. The van der Waals surface area contributed by atoms with Crippen molar-refractivity contribution < 1.29 is 72.8 Å². The molecule has 0 unspecified atom stereocenters. The summed E-state index contributed by atoms with van der Waals surface area (Å²) in [6.07, 6.45) is 43.3. The van der Waals surface area contributed by atoms with Gasteiger partial charge in [-0.15, -0.1) is 0 Å². The van der Waals surface area contributed by atoms with Gasteiger partial charge in [0.2, 0.25) is 12.4 Å². The van der Waals surface area contributed by atoms with Gasteiger partial charge in [0.1, 0.15) is 43.2 Å². The summed E-state index contributed by atoms with van der Waals surface area (Å²) in [5.41, 5.74) is 0. The molecule has 2 rings (SSSR count). The Balaban J connectivity index is 2.35. The van der Waals surface area contributed by atoms with Crippen molar-refractivity contribution in [1.29, 1.82) is 0 Å². The van der Waals surface area contributed by atoms with Gasteiger partial charge >= 0.3 is 23.9 Å². The van der Waals surface area contributed by atoms with E-state index >= 15 is 0 Å². The standard InChI is InChI=1S/C76H142O15/c1-5-9-13-17-21-25-29-33-37-41-45-49-53-57-65(78)85-62-64-72(91-75-71(84)70(83)69(82)63(61-77)86-75)73(88-66(79)58-54-50-46-42-38-34-30-26-22-18-14-10-6-2)74(89-67(80)59-55-51-47-43-39-35-31-27-23-19-15-11-7-3)76(87-64)90-68(81)60-56-52-48-44-40-36-32-28-24-20-16-12-8-4/h63-64,69-77,82-84H,5-62H2,1-4H3/t63-,64-,69-,70+,71-,72-,73+,74-,75-,76+/m1/s1. The van der Waals surface area contributed by atoms with Crippen LogP contribution in [-0.4, -0.2) is 119 Å². The molecule has 0 bridgehead atoms. The molecule has 15 heteroatoms. The van der Waals surface area contributed by atoms with E-state index in [0.29, 0.717) is 25.7 Å². The first-order chi connectivity index (χ1) is 44.5. The SMILES string of the molecule is CCCCCCCCCCCCCCCC(=O)OC[C@H]1O[C@@H](OC(=O)CCCCCCCCCCCCCCC)[C@H](OC(=O)CCCCCCCCCCCCCCC)[C@@H](OC(=O)CCCCCCCCCCCCCCC)[C@@H]1O[C@H]1O[C@H](CO)[C@@H](O)[C@H](O)[C@H]1O. The Morgan fingerprint density at radius 2 is 0.549 bits per heavy atom. The largest absolute Gasteiger partial charge is 0.463 e. The normalized spacial score (nSPS) is 21.7. The maximum Gasteiger partial charge on any atom is 0.308 e. The zero-order valence-corrected chi connectivity index (χ0v) is 59.1. The number of aliphatic hydroxyl groups excluding tert-OH is 4. The smallest absolute Gasteiger partial charge is 0.308 e. The van der Waals surface area contributed by atoms with Crippen LogP contribution < -0.4 is 0 Å². The monoisotopic (exact) mass is 1300 g/mol. The molecule has 2 aliphatic heterocycles. The van der Waals surface area contributed by atoms with Crippen LogP contribution in [0.3, 0.4) is 0 Å². The first-order valence-corrected chi connectivity index (χ1v) is 38.9. The zero-order valence-electron chi connectivity index (χ0n) is 59.1. The Labute approximate surface area is 556 Å². The molecule has 15 nitrogen and oxygen atoms in total. The quantitative estimate of drug-likeness (QED) is 0.0253. The van der Waals surface area contributed by atoms with E-state index in [1.54, 1.807) is 0 Å². The van der Waals surface area contributed by atoms with Crippen LogP contribution in [0, 0.1) is 0 Å². The van der Waals surface area contributed by atoms with Crippen LogP contribution in [0.4, 0.5) is 0 Å². The molecule has 0 aromatic heterocycles. The van der Waals surface area contributed by atoms with E-state index in [9.17, 15) is 39.6 Å². The second-order valence-corrected chi connectivity index (χ2v) is 27.4. The average Bonchev–Trinajstić information content (AvgIpc) is 1.09. The van der Waals surface area contributed by atoms with Crippen LogP contribution in [0.1, 0.15) is 387 Å². The van der Waals surface area contributed by atoms with Crippen LogP contribution in [0.5, 0.6) is 0 Å². The van der Waals surface area contributed by atoms with E-state index in [2.05, 4.69) is 27.7 Å². The lowest BCUT2D eigenvalue weighted by molar-refractivity contribution is -0.357. The van der Waals surface area contributed by atoms with Crippen molar-refractivity contribution in [3.05, 3.63) is 0 Å². The highest BCUT2D eigenvalue weighted by Crippen LogP contribution is 2.34. The molecule has 4 N–H and O–H groups in total. The lowest BCUT2D eigenvalue weighted by Crippen LogP contribution is -2.66. The molecule has 0 aliphatic carbocycles. The maximum atomic E-state index is 14.3. The van der Waals surface area contributed by atoms with Gasteiger partial charge in [-0.2, -0.15) is 0 Å². The first kappa shape index (κ1) is 84.7. The number of carbonyl (C=O) groups excluding carboxylic acids is 4. The fourth-order valence-electron chi connectivity index (χ4n) is 12.9. The molecule has 2 aliphatic rings. The molecule has 0 aromatic carbocycles. The summed E-state index contributed by atoms with van der Waals surface area (Å²) >= 11 is 0. The van der Waals surface area contributed by atoms with Crippen LogP contribution in [0.2, 0.25) is 0 Å². The lowest BCUT2D eigenvalue weighted by atomic mass is 9.96. The molecule has 91 heavy (non-hydrogen) atoms. The second-order valence-electron chi connectivity index (χ2n) is 27.4. The van der Waals surface area contributed by atoms with Gasteiger partial charge in [-0.05, 0) is 25.7 Å². The molecule has 2 saturated heterocycles. The van der Waals surface area contributed by atoms with Gasteiger partial charge < -0.3 is 53.6 Å². The summed E-state index contributed by atoms with van der Waals surface area (Å²) in [5, 5.41) is 43.3. The number of hydrogen-bond donors (Lipinski definition) is 4. The number of rotatable bonds is 64. The van der Waals surface area contributed by atoms with Crippen LogP contribution in [-0.2, 0) is 52.3 Å². The van der Waals surface area contributed by atoms with E-state index in [-0.39, 0.29) is 25.7 Å². The minimum Gasteiger partial charge on any atom is -0.463 e. The van der Waals surface area contributed by atoms with Gasteiger partial charge in [0.15, 0.2) is 12.4 Å². The van der Waals surface area contributed by atoms with E-state index < -0.39 is 98.5 Å². The van der Waals surface area contributed by atoms with Crippen molar-refractivity contribution in [3.63, 3.8) is 0 Å². The predicted molar refractivity (Wildman–Crippen MR) is 365 cm³/mol. The summed E-state index contributed by atoms with van der Waals surface area (Å²) in [6, 6.07) is 0. The van der Waals surface area contributed by atoms with Crippen molar-refractivity contribution in [2.45, 2.75) is 449 Å². The van der Waals surface area contributed by atoms with Crippen molar-refractivity contribution in [2.75, 3.05) is 13.2 Å². The van der Waals surface area contributed by atoms with Gasteiger partial charge in [0.05, 0.1) is 6.61 Å². The summed E-state index contributed by atoms with van der Waals surface area (Å²) in [4.78, 5) is 56.0. The van der Waals surface area contributed by atoms with E-state index in [0.717, 1.165) is 96.3 Å². The summed E-state index contributed by atoms with van der Waals surface area (Å²) in [6.45, 7) is 7.75. The molecule has 10 atom stereocenters. The van der Waals surface area contributed by atoms with Crippen LogP contribution >= 0.6 is 0 Å². The predicted octanol–water partition coefficient (Wildman–Crippen LogP) is 18.7. The number of ether oxygens (including phenoxy) is 7. The topological polar surface area (TPSA) is 214 Å². The Morgan fingerprint density at radius 3 is 0.857 bits per heavy atom. The minimum absolute atomic E-state index is 0.0176. The molecule has 0 spiro atoms. The third-order valence-corrected chi connectivity index (χ3v) is 18.9. The van der Waals surface area contributed by atoms with Crippen molar-refractivity contribution in [3.8, 4) is 0 Å². The van der Waals surface area contributed by atoms with Gasteiger partial charge in [-0.25, -0.2) is 0 Å². The van der Waals surface area contributed by atoms with Gasteiger partial charge in [-0.1, -0.05) is 336 Å². The molecule has 0 radical (unpaired) electrons. The highest BCUT2D eigenvalue weighted by Gasteiger charge is 2.56. The van der Waals surface area contributed by atoms with Gasteiger partial charge in [-0.3, -0.25) is 19.2 Å². The first-order valence-electron chi connectivity index (χ1n) is 38.9. The molecule has 0 amide bonds. The Morgan fingerprint density at radius 1 is 0.286 bits per heavy atom. The maximum absolute atomic E-state index is 14.3. The molecule has 2 fully saturated rings. The van der Waals surface area contributed by atoms with Crippen molar-refractivity contribution in [1.82, 2.24) is 0 Å². The van der Waals surface area contributed by atoms with Crippen LogP contribution in [0.15, 0.2) is 0 Å². The Bertz CT molecular complexity index is 1680. The third-order valence-electron chi connectivity index (χ3n) is 18.9. The molecule has 2 heterocycles. The summed E-state index contributed by atoms with van der Waals surface area (Å²) in [7, 11) is 0. The number of carbonyl (C=O) groups is 4. The summed E-state index contributed by atoms with van der Waals surface area (Å²) in [5.74, 6) is -2.36. The van der Waals surface area contributed by atoms with E-state index in [1.165, 1.54) is 212 Å². The molecule has 0 aromatic rings. The number of aliphatic hydroxyl groups is 4. The Kier molecular flexibility index (Phi) is 55.9. The van der Waals surface area contributed by atoms with Crippen molar-refractivity contribution in [2.24, 2.45) is 0 Å². The fraction of sp³-hybridized carbons (Fsp3) is 0.947. The number of unbranched alkanes of at least 4 members (excludes halogenated alkanes) is 48. The second kappa shape index (κ2) is 60.0.